The fourth-order valence-corrected chi connectivity index (χ4v) is 4.63. The molecule has 0 aliphatic carbocycles. The number of carboxylic acid groups (broad SMARTS) is 1. The molecule has 2 rings (SSSR count). The van der Waals surface area contributed by atoms with Gasteiger partial charge in [-0.3, -0.25) is 4.90 Å². The first kappa shape index (κ1) is 21.9. The monoisotopic (exact) mass is 489 g/mol. The molecule has 1 amide bonds. The van der Waals surface area contributed by atoms with Crippen LogP contribution in [0.25, 0.3) is 0 Å². The van der Waals surface area contributed by atoms with Gasteiger partial charge in [0.25, 0.3) is 0 Å². The highest BCUT2D eigenvalue weighted by Crippen LogP contribution is 2.44. The molecular formula is C20H28INO5. The van der Waals surface area contributed by atoms with Crippen LogP contribution in [0.2, 0.25) is 0 Å². The van der Waals surface area contributed by atoms with Crippen LogP contribution in [-0.4, -0.2) is 34.3 Å². The van der Waals surface area contributed by atoms with E-state index in [4.69, 9.17) is 9.47 Å². The largest absolute Gasteiger partial charge is 0.465 e. The number of fused-ring (bicyclic) bond motifs is 1. The fourth-order valence-electron chi connectivity index (χ4n) is 3.65. The van der Waals surface area contributed by atoms with Crippen LogP contribution < -0.4 is 0 Å². The van der Waals surface area contributed by atoms with Gasteiger partial charge in [0.15, 0.2) is 6.10 Å². The summed E-state index contributed by atoms with van der Waals surface area (Å²) in [5.74, 6) is -0.422. The molecule has 0 spiro atoms. The number of esters is 1. The van der Waals surface area contributed by atoms with Gasteiger partial charge in [-0.15, -0.1) is 0 Å². The van der Waals surface area contributed by atoms with Crippen LogP contribution in [0.3, 0.4) is 0 Å². The Kier molecular flexibility index (Phi) is 6.46. The highest BCUT2D eigenvalue weighted by molar-refractivity contribution is 14.1. The predicted octanol–water partition coefficient (Wildman–Crippen LogP) is 4.88. The van der Waals surface area contributed by atoms with Gasteiger partial charge in [0, 0.05) is 9.13 Å². The van der Waals surface area contributed by atoms with Crippen molar-refractivity contribution in [3.63, 3.8) is 0 Å². The Labute approximate surface area is 174 Å². The van der Waals surface area contributed by atoms with Gasteiger partial charge >= 0.3 is 12.1 Å². The molecule has 1 aromatic rings. The van der Waals surface area contributed by atoms with Crippen LogP contribution in [0.4, 0.5) is 4.79 Å². The maximum absolute atomic E-state index is 12.7. The lowest BCUT2D eigenvalue weighted by molar-refractivity contribution is -0.167. The first-order chi connectivity index (χ1) is 12.4. The van der Waals surface area contributed by atoms with Gasteiger partial charge in [0.05, 0.1) is 24.8 Å². The number of carbonyl (C=O) groups excluding carboxylic acids is 1. The molecule has 1 aliphatic rings. The van der Waals surface area contributed by atoms with E-state index in [-0.39, 0.29) is 12.6 Å². The van der Waals surface area contributed by atoms with Crippen LogP contribution >= 0.6 is 22.6 Å². The van der Waals surface area contributed by atoms with E-state index in [1.807, 2.05) is 41.5 Å². The van der Waals surface area contributed by atoms with Crippen molar-refractivity contribution in [3.8, 4) is 0 Å². The summed E-state index contributed by atoms with van der Waals surface area (Å²) < 4.78 is 12.3. The van der Waals surface area contributed by atoms with Crippen molar-refractivity contribution in [3.05, 3.63) is 31.4 Å². The fraction of sp³-hybridized carbons (Fsp3) is 0.600. The number of benzene rings is 1. The molecule has 2 unspecified atom stereocenters. The summed E-state index contributed by atoms with van der Waals surface area (Å²) in [7, 11) is 0. The molecule has 6 nitrogen and oxygen atoms in total. The SMILES string of the molecule is CCOC(=O)C(OC(C)(C)C)c1c(C)c2c(c(C)c1I)C(C)N(C(=O)O)C2. The van der Waals surface area contributed by atoms with E-state index in [9.17, 15) is 14.7 Å². The number of hydrogen-bond acceptors (Lipinski definition) is 4. The maximum atomic E-state index is 12.7. The van der Waals surface area contributed by atoms with Gasteiger partial charge in [-0.2, -0.15) is 0 Å². The van der Waals surface area contributed by atoms with E-state index in [1.54, 1.807) is 6.92 Å². The third-order valence-electron chi connectivity index (χ3n) is 4.85. The third kappa shape index (κ3) is 4.23. The Hall–Kier alpha value is -1.35. The molecule has 0 saturated carbocycles. The van der Waals surface area contributed by atoms with Crippen molar-refractivity contribution in [1.82, 2.24) is 4.90 Å². The smallest absolute Gasteiger partial charge is 0.408 e. The van der Waals surface area contributed by atoms with Crippen LogP contribution in [0.15, 0.2) is 0 Å². The van der Waals surface area contributed by atoms with E-state index >= 15 is 0 Å². The highest BCUT2D eigenvalue weighted by Gasteiger charge is 2.38. The van der Waals surface area contributed by atoms with E-state index in [1.165, 1.54) is 4.90 Å². The molecule has 1 heterocycles. The molecule has 1 aromatic carbocycles. The van der Waals surface area contributed by atoms with Crippen molar-refractivity contribution >= 4 is 34.7 Å². The molecule has 0 bridgehead atoms. The number of nitrogens with zero attached hydrogens (tertiary/aromatic N) is 1. The molecule has 0 radical (unpaired) electrons. The Morgan fingerprint density at radius 2 is 1.89 bits per heavy atom. The van der Waals surface area contributed by atoms with Crippen molar-refractivity contribution < 1.29 is 24.2 Å². The molecular weight excluding hydrogens is 461 g/mol. The minimum absolute atomic E-state index is 0.219. The van der Waals surface area contributed by atoms with Gasteiger partial charge in [-0.1, -0.05) is 0 Å². The zero-order valence-corrected chi connectivity index (χ0v) is 19.1. The Balaban J connectivity index is 2.67. The average Bonchev–Trinajstić information content (AvgIpc) is 2.89. The summed E-state index contributed by atoms with van der Waals surface area (Å²) in [5.41, 5.74) is 4.12. The number of rotatable bonds is 4. The summed E-state index contributed by atoms with van der Waals surface area (Å²) in [6.07, 6.45) is -1.79. The summed E-state index contributed by atoms with van der Waals surface area (Å²) in [6.45, 7) is 13.9. The lowest BCUT2D eigenvalue weighted by atomic mass is 9.89. The van der Waals surface area contributed by atoms with Crippen molar-refractivity contribution in [2.24, 2.45) is 0 Å². The van der Waals surface area contributed by atoms with E-state index in [0.717, 1.165) is 31.4 Å². The summed E-state index contributed by atoms with van der Waals surface area (Å²) in [6, 6.07) is -0.219. The molecule has 0 fully saturated rings. The van der Waals surface area contributed by atoms with E-state index < -0.39 is 23.8 Å². The minimum atomic E-state index is -0.943. The second-order valence-corrected chi connectivity index (χ2v) is 8.90. The van der Waals surface area contributed by atoms with Gasteiger partial charge in [0.2, 0.25) is 0 Å². The predicted molar refractivity (Wildman–Crippen MR) is 111 cm³/mol. The molecule has 150 valence electrons. The number of amides is 1. The zero-order chi connectivity index (χ0) is 20.7. The summed E-state index contributed by atoms with van der Waals surface area (Å²) >= 11 is 2.23. The third-order valence-corrected chi connectivity index (χ3v) is 6.24. The van der Waals surface area contributed by atoms with Crippen molar-refractivity contribution in [1.29, 1.82) is 0 Å². The van der Waals surface area contributed by atoms with Crippen LogP contribution in [0, 0.1) is 17.4 Å². The van der Waals surface area contributed by atoms with Gasteiger partial charge in [-0.05, 0) is 93.3 Å². The van der Waals surface area contributed by atoms with Crippen molar-refractivity contribution in [2.45, 2.75) is 72.8 Å². The zero-order valence-electron chi connectivity index (χ0n) is 17.0. The molecule has 2 atom stereocenters. The molecule has 27 heavy (non-hydrogen) atoms. The van der Waals surface area contributed by atoms with Crippen LogP contribution in [-0.2, 0) is 20.8 Å². The molecule has 1 N–H and O–H groups in total. The van der Waals surface area contributed by atoms with Crippen molar-refractivity contribution in [2.75, 3.05) is 6.61 Å². The van der Waals surface area contributed by atoms with E-state index in [0.29, 0.717) is 6.54 Å². The Bertz CT molecular complexity index is 769. The molecule has 0 aromatic heterocycles. The normalized spacial score (nSPS) is 17.6. The molecule has 7 heteroatoms. The van der Waals surface area contributed by atoms with Gasteiger partial charge in [-0.25, -0.2) is 9.59 Å². The molecule has 1 aliphatic heterocycles. The van der Waals surface area contributed by atoms with Crippen LogP contribution in [0.1, 0.15) is 74.6 Å². The first-order valence-electron chi connectivity index (χ1n) is 9.06. The average molecular weight is 489 g/mol. The lowest BCUT2D eigenvalue weighted by Gasteiger charge is -2.29. The molecule has 0 saturated heterocycles. The summed E-state index contributed by atoms with van der Waals surface area (Å²) in [4.78, 5) is 25.8. The second-order valence-electron chi connectivity index (χ2n) is 7.82. The second kappa shape index (κ2) is 7.95. The standard InChI is InChI=1S/C20H28INO5/c1-8-26-18(23)17(27-20(5,6)7)15-10(2)13-9-22(19(24)25)12(4)14(13)11(3)16(15)21/h12,17H,8-9H2,1-7H3,(H,24,25). The maximum Gasteiger partial charge on any atom is 0.408 e. The Morgan fingerprint density at radius 1 is 1.30 bits per heavy atom. The topological polar surface area (TPSA) is 76.1 Å². The van der Waals surface area contributed by atoms with Crippen LogP contribution in [0.5, 0.6) is 0 Å². The Morgan fingerprint density at radius 3 is 2.37 bits per heavy atom. The lowest BCUT2D eigenvalue weighted by Crippen LogP contribution is -2.30. The quantitative estimate of drug-likeness (QED) is 0.482. The number of halogens is 1. The number of carbonyl (C=O) groups is 2. The number of ether oxygens (including phenoxy) is 2. The first-order valence-corrected chi connectivity index (χ1v) is 10.1. The highest BCUT2D eigenvalue weighted by atomic mass is 127. The van der Waals surface area contributed by atoms with Gasteiger partial charge in [0.1, 0.15) is 0 Å². The van der Waals surface area contributed by atoms with Gasteiger partial charge < -0.3 is 14.6 Å². The number of hydrogen-bond donors (Lipinski definition) is 1. The minimum Gasteiger partial charge on any atom is -0.465 e. The van der Waals surface area contributed by atoms with E-state index in [2.05, 4.69) is 22.6 Å². The summed E-state index contributed by atoms with van der Waals surface area (Å²) in [5, 5.41) is 9.52.